The Hall–Kier alpha value is -1.11. The second-order valence-corrected chi connectivity index (χ2v) is 5.00. The van der Waals surface area contributed by atoms with Crippen molar-refractivity contribution in [3.05, 3.63) is 28.2 Å². The van der Waals surface area contributed by atoms with Gasteiger partial charge < -0.3 is 20.9 Å². The minimum absolute atomic E-state index is 0.211. The van der Waals surface area contributed by atoms with Gasteiger partial charge in [-0.3, -0.25) is 4.79 Å². The summed E-state index contributed by atoms with van der Waals surface area (Å²) in [7, 11) is 1.62. The molecular weight excluding hydrogens is 312 g/mol. The summed E-state index contributed by atoms with van der Waals surface area (Å²) in [5.41, 5.74) is 12.0. The molecule has 0 aromatic heterocycles. The molecule has 0 spiro atoms. The first-order valence-corrected chi connectivity index (χ1v) is 6.79. The number of halogens is 1. The summed E-state index contributed by atoms with van der Waals surface area (Å²) in [5.74, 6) is 0.400. The molecule has 4 N–H and O–H groups in total. The first-order valence-electron chi connectivity index (χ1n) is 5.99. The Bertz CT molecular complexity index is 426. The molecule has 0 heterocycles. The zero-order valence-corrected chi connectivity index (χ0v) is 12.5. The van der Waals surface area contributed by atoms with Crippen LogP contribution in [0.5, 0.6) is 5.75 Å². The fraction of sp³-hybridized carbons (Fsp3) is 0.462. The standard InChI is InChI=1S/C13H19BrN2O3/c1-18-6-7-19-12-4-2-9(8-10(12)14)11(15)3-5-13(16)17/h2,4,8,11H,3,5-7,15H2,1H3,(H2,16,17). The van der Waals surface area contributed by atoms with Gasteiger partial charge in [-0.2, -0.15) is 0 Å². The van der Waals surface area contributed by atoms with Gasteiger partial charge in [-0.1, -0.05) is 6.07 Å². The predicted octanol–water partition coefficient (Wildman–Crippen LogP) is 1.74. The molecule has 1 rings (SSSR count). The molecule has 0 radical (unpaired) electrons. The van der Waals surface area contributed by atoms with E-state index >= 15 is 0 Å². The van der Waals surface area contributed by atoms with Gasteiger partial charge in [0.05, 0.1) is 11.1 Å². The van der Waals surface area contributed by atoms with E-state index in [9.17, 15) is 4.79 Å². The first-order chi connectivity index (χ1) is 9.04. The van der Waals surface area contributed by atoms with E-state index in [1.807, 2.05) is 18.2 Å². The summed E-state index contributed by atoms with van der Waals surface area (Å²) >= 11 is 3.43. The Labute approximate surface area is 121 Å². The number of benzene rings is 1. The Balaban J connectivity index is 2.62. The third-order valence-electron chi connectivity index (χ3n) is 2.63. The summed E-state index contributed by atoms with van der Waals surface area (Å²) in [5, 5.41) is 0. The first kappa shape index (κ1) is 15.9. The molecule has 0 saturated carbocycles. The summed E-state index contributed by atoms with van der Waals surface area (Å²) in [6, 6.07) is 5.42. The molecule has 1 aromatic carbocycles. The molecule has 5 nitrogen and oxygen atoms in total. The molecule has 1 unspecified atom stereocenters. The Morgan fingerprint density at radius 2 is 2.16 bits per heavy atom. The number of hydrogen-bond acceptors (Lipinski definition) is 4. The van der Waals surface area contributed by atoms with Crippen LogP contribution in [0.3, 0.4) is 0 Å². The second kappa shape index (κ2) is 8.14. The number of methoxy groups -OCH3 is 1. The monoisotopic (exact) mass is 330 g/mol. The molecule has 1 amide bonds. The van der Waals surface area contributed by atoms with Gasteiger partial charge >= 0.3 is 0 Å². The van der Waals surface area contributed by atoms with Crippen LogP contribution >= 0.6 is 15.9 Å². The lowest BCUT2D eigenvalue weighted by Gasteiger charge is -2.14. The van der Waals surface area contributed by atoms with Crippen LogP contribution in [0.15, 0.2) is 22.7 Å². The number of carbonyl (C=O) groups is 1. The highest BCUT2D eigenvalue weighted by molar-refractivity contribution is 9.10. The largest absolute Gasteiger partial charge is 0.490 e. The lowest BCUT2D eigenvalue weighted by molar-refractivity contribution is -0.118. The van der Waals surface area contributed by atoms with Crippen LogP contribution in [-0.2, 0) is 9.53 Å². The van der Waals surface area contributed by atoms with Crippen LogP contribution in [-0.4, -0.2) is 26.2 Å². The Kier molecular flexibility index (Phi) is 6.83. The number of rotatable bonds is 8. The van der Waals surface area contributed by atoms with Crippen molar-refractivity contribution in [2.24, 2.45) is 11.5 Å². The van der Waals surface area contributed by atoms with Gasteiger partial charge in [0, 0.05) is 19.6 Å². The molecule has 0 fully saturated rings. The van der Waals surface area contributed by atoms with Gasteiger partial charge in [0.15, 0.2) is 0 Å². The molecule has 1 aromatic rings. The van der Waals surface area contributed by atoms with Crippen molar-refractivity contribution in [3.63, 3.8) is 0 Å². The molecule has 106 valence electrons. The van der Waals surface area contributed by atoms with Gasteiger partial charge in [-0.25, -0.2) is 0 Å². The van der Waals surface area contributed by atoms with Crippen LogP contribution in [0, 0.1) is 0 Å². The maximum Gasteiger partial charge on any atom is 0.217 e. The van der Waals surface area contributed by atoms with Crippen LogP contribution in [0.4, 0.5) is 0 Å². The van der Waals surface area contributed by atoms with Crippen LogP contribution < -0.4 is 16.2 Å². The third kappa shape index (κ3) is 5.59. The molecule has 0 aliphatic rings. The van der Waals surface area contributed by atoms with Crippen molar-refractivity contribution in [1.29, 1.82) is 0 Å². The molecule has 19 heavy (non-hydrogen) atoms. The average molecular weight is 331 g/mol. The van der Waals surface area contributed by atoms with Crippen LogP contribution in [0.25, 0.3) is 0 Å². The molecule has 0 saturated heterocycles. The van der Waals surface area contributed by atoms with E-state index in [2.05, 4.69) is 15.9 Å². The Morgan fingerprint density at radius 3 is 2.74 bits per heavy atom. The molecule has 0 bridgehead atoms. The van der Waals surface area contributed by atoms with Gasteiger partial charge in [-0.05, 0) is 40.0 Å². The Morgan fingerprint density at radius 1 is 1.42 bits per heavy atom. The summed E-state index contributed by atoms with van der Waals surface area (Å²) in [6.07, 6.45) is 0.816. The lowest BCUT2D eigenvalue weighted by Crippen LogP contribution is -2.16. The zero-order chi connectivity index (χ0) is 14.3. The van der Waals surface area contributed by atoms with E-state index < -0.39 is 0 Å². The van der Waals surface area contributed by atoms with E-state index in [0.29, 0.717) is 19.6 Å². The minimum Gasteiger partial charge on any atom is -0.490 e. The van der Waals surface area contributed by atoms with Crippen molar-refractivity contribution in [2.45, 2.75) is 18.9 Å². The molecule has 1 atom stereocenters. The minimum atomic E-state index is -0.339. The number of amides is 1. The fourth-order valence-corrected chi connectivity index (χ4v) is 2.08. The van der Waals surface area contributed by atoms with Crippen molar-refractivity contribution in [3.8, 4) is 5.75 Å². The predicted molar refractivity (Wildman–Crippen MR) is 76.9 cm³/mol. The second-order valence-electron chi connectivity index (χ2n) is 4.14. The molecule has 0 aliphatic carbocycles. The van der Waals surface area contributed by atoms with E-state index in [0.717, 1.165) is 15.8 Å². The van der Waals surface area contributed by atoms with E-state index in [1.165, 1.54) is 0 Å². The average Bonchev–Trinajstić information content (AvgIpc) is 2.38. The molecule has 0 aliphatic heterocycles. The lowest BCUT2D eigenvalue weighted by atomic mass is 10.0. The highest BCUT2D eigenvalue weighted by atomic mass is 79.9. The van der Waals surface area contributed by atoms with Crippen LogP contribution in [0.2, 0.25) is 0 Å². The van der Waals surface area contributed by atoms with Crippen LogP contribution in [0.1, 0.15) is 24.4 Å². The number of primary amides is 1. The van der Waals surface area contributed by atoms with Crippen molar-refractivity contribution < 1.29 is 14.3 Å². The van der Waals surface area contributed by atoms with Crippen molar-refractivity contribution in [1.82, 2.24) is 0 Å². The fourth-order valence-electron chi connectivity index (χ4n) is 1.56. The highest BCUT2D eigenvalue weighted by Crippen LogP contribution is 2.28. The van der Waals surface area contributed by atoms with Gasteiger partial charge in [-0.15, -0.1) is 0 Å². The zero-order valence-electron chi connectivity index (χ0n) is 10.9. The number of hydrogen-bond donors (Lipinski definition) is 2. The maximum absolute atomic E-state index is 10.7. The van der Waals surface area contributed by atoms with Gasteiger partial charge in [0.2, 0.25) is 5.91 Å². The SMILES string of the molecule is COCCOc1ccc(C(N)CCC(N)=O)cc1Br. The van der Waals surface area contributed by atoms with Crippen molar-refractivity contribution >= 4 is 21.8 Å². The normalized spacial score (nSPS) is 12.2. The van der Waals surface area contributed by atoms with E-state index in [1.54, 1.807) is 7.11 Å². The number of nitrogens with two attached hydrogens (primary N) is 2. The highest BCUT2D eigenvalue weighted by Gasteiger charge is 2.10. The molecule has 6 heteroatoms. The van der Waals surface area contributed by atoms with E-state index in [-0.39, 0.29) is 18.4 Å². The summed E-state index contributed by atoms with van der Waals surface area (Å²) in [6.45, 7) is 1.02. The third-order valence-corrected chi connectivity index (χ3v) is 3.25. The summed E-state index contributed by atoms with van der Waals surface area (Å²) < 4.78 is 11.3. The molecular formula is C13H19BrN2O3. The summed E-state index contributed by atoms with van der Waals surface area (Å²) in [4.78, 5) is 10.7. The smallest absolute Gasteiger partial charge is 0.217 e. The topological polar surface area (TPSA) is 87.6 Å². The number of carbonyl (C=O) groups excluding carboxylic acids is 1. The number of ether oxygens (including phenoxy) is 2. The quantitative estimate of drug-likeness (QED) is 0.710. The van der Waals surface area contributed by atoms with Gasteiger partial charge in [0.25, 0.3) is 0 Å². The van der Waals surface area contributed by atoms with Crippen molar-refractivity contribution in [2.75, 3.05) is 20.3 Å². The van der Waals surface area contributed by atoms with E-state index in [4.69, 9.17) is 20.9 Å². The maximum atomic E-state index is 10.7. The van der Waals surface area contributed by atoms with Gasteiger partial charge in [0.1, 0.15) is 12.4 Å².